The van der Waals surface area contributed by atoms with Crippen molar-refractivity contribution in [3.05, 3.63) is 76.3 Å². The lowest BCUT2D eigenvalue weighted by atomic mass is 10.1. The quantitative estimate of drug-likeness (QED) is 0.780. The molecule has 1 aromatic heterocycles. The maximum atomic E-state index is 13.3. The number of aromatic amines is 1. The maximum absolute atomic E-state index is 13.3. The summed E-state index contributed by atoms with van der Waals surface area (Å²) in [6, 6.07) is 15.5. The molecule has 3 nitrogen and oxygen atoms in total. The first-order chi connectivity index (χ1) is 10.1. The van der Waals surface area contributed by atoms with Crippen LogP contribution in [0.3, 0.4) is 0 Å². The summed E-state index contributed by atoms with van der Waals surface area (Å²) in [6.45, 7) is 1.68. The van der Waals surface area contributed by atoms with Gasteiger partial charge in [-0.05, 0) is 30.7 Å². The van der Waals surface area contributed by atoms with E-state index in [0.29, 0.717) is 17.1 Å². The summed E-state index contributed by atoms with van der Waals surface area (Å²) in [5.74, 6) is 0.229. The molecule has 4 heteroatoms. The molecule has 0 unspecified atom stereocenters. The van der Waals surface area contributed by atoms with Crippen molar-refractivity contribution >= 4 is 0 Å². The number of benzene rings is 2. The molecule has 0 fully saturated rings. The van der Waals surface area contributed by atoms with Crippen LogP contribution in [0, 0.1) is 12.7 Å². The second-order valence-electron chi connectivity index (χ2n) is 4.81. The monoisotopic (exact) mass is 280 g/mol. The molecule has 0 saturated heterocycles. The summed E-state index contributed by atoms with van der Waals surface area (Å²) >= 11 is 0. The summed E-state index contributed by atoms with van der Waals surface area (Å²) in [5, 5.41) is 0. The van der Waals surface area contributed by atoms with E-state index in [1.54, 1.807) is 19.1 Å². The molecular weight excluding hydrogens is 267 g/mol. The highest BCUT2D eigenvalue weighted by Crippen LogP contribution is 2.21. The van der Waals surface area contributed by atoms with Crippen molar-refractivity contribution in [3.8, 4) is 22.6 Å². The van der Waals surface area contributed by atoms with Crippen molar-refractivity contribution < 1.29 is 4.39 Å². The Hall–Kier alpha value is -2.75. The van der Waals surface area contributed by atoms with Crippen LogP contribution in [0.2, 0.25) is 0 Å². The molecule has 1 N–H and O–H groups in total. The van der Waals surface area contributed by atoms with Crippen LogP contribution in [-0.2, 0) is 0 Å². The Bertz CT molecular complexity index is 841. The highest BCUT2D eigenvalue weighted by atomic mass is 19.1. The Labute approximate surface area is 121 Å². The van der Waals surface area contributed by atoms with E-state index in [-0.39, 0.29) is 11.4 Å². The number of H-pyrrole nitrogens is 1. The van der Waals surface area contributed by atoms with E-state index in [0.717, 1.165) is 11.1 Å². The summed E-state index contributed by atoms with van der Waals surface area (Å²) in [4.78, 5) is 19.0. The highest BCUT2D eigenvalue weighted by molar-refractivity contribution is 5.63. The fourth-order valence-corrected chi connectivity index (χ4v) is 2.14. The summed E-state index contributed by atoms with van der Waals surface area (Å²) < 4.78 is 13.3. The van der Waals surface area contributed by atoms with Gasteiger partial charge in [0.05, 0.1) is 5.69 Å². The fraction of sp³-hybridized carbons (Fsp3) is 0.0588. The van der Waals surface area contributed by atoms with Gasteiger partial charge in [-0.3, -0.25) is 4.79 Å². The minimum absolute atomic E-state index is 0.235. The lowest BCUT2D eigenvalue weighted by molar-refractivity contribution is 0.619. The molecule has 1 heterocycles. The number of hydrogen-bond donors (Lipinski definition) is 1. The van der Waals surface area contributed by atoms with E-state index >= 15 is 0 Å². The van der Waals surface area contributed by atoms with E-state index in [4.69, 9.17) is 0 Å². The average molecular weight is 280 g/mol. The number of aromatic nitrogens is 2. The second-order valence-corrected chi connectivity index (χ2v) is 4.81. The standard InChI is InChI=1S/C17H13FN2O/c1-11-9-13(7-8-14(11)18)15-10-16(21)20-17(19-15)12-5-3-2-4-6-12/h2-10H,1H3,(H,19,20,21). The Morgan fingerprint density at radius 2 is 1.76 bits per heavy atom. The van der Waals surface area contributed by atoms with Gasteiger partial charge in [-0.2, -0.15) is 0 Å². The van der Waals surface area contributed by atoms with E-state index in [2.05, 4.69) is 9.97 Å². The molecule has 0 spiro atoms. The summed E-state index contributed by atoms with van der Waals surface area (Å²) in [6.07, 6.45) is 0. The summed E-state index contributed by atoms with van der Waals surface area (Å²) in [7, 11) is 0. The van der Waals surface area contributed by atoms with Crippen LogP contribution in [0.25, 0.3) is 22.6 Å². The van der Waals surface area contributed by atoms with E-state index in [1.807, 2.05) is 30.3 Å². The number of hydrogen-bond acceptors (Lipinski definition) is 2. The first-order valence-electron chi connectivity index (χ1n) is 6.57. The van der Waals surface area contributed by atoms with Crippen molar-refractivity contribution in [1.29, 1.82) is 0 Å². The van der Waals surface area contributed by atoms with Crippen LogP contribution in [0.15, 0.2) is 59.4 Å². The molecular formula is C17H13FN2O. The van der Waals surface area contributed by atoms with Gasteiger partial charge >= 0.3 is 0 Å². The molecule has 0 aliphatic carbocycles. The predicted octanol–water partition coefficient (Wildman–Crippen LogP) is 3.55. The smallest absolute Gasteiger partial charge is 0.251 e. The Morgan fingerprint density at radius 1 is 1.00 bits per heavy atom. The molecule has 0 bridgehead atoms. The first-order valence-corrected chi connectivity index (χ1v) is 6.57. The van der Waals surface area contributed by atoms with E-state index < -0.39 is 0 Å². The lowest BCUT2D eigenvalue weighted by Crippen LogP contribution is -2.08. The number of nitrogens with zero attached hydrogens (tertiary/aromatic N) is 1. The number of rotatable bonds is 2. The van der Waals surface area contributed by atoms with Gasteiger partial charge in [-0.15, -0.1) is 0 Å². The second kappa shape index (κ2) is 5.32. The van der Waals surface area contributed by atoms with Crippen LogP contribution < -0.4 is 5.56 Å². The zero-order chi connectivity index (χ0) is 14.8. The zero-order valence-electron chi connectivity index (χ0n) is 11.4. The third-order valence-electron chi connectivity index (χ3n) is 3.24. The maximum Gasteiger partial charge on any atom is 0.251 e. The number of halogens is 1. The molecule has 104 valence electrons. The van der Waals surface area contributed by atoms with Gasteiger partial charge < -0.3 is 4.98 Å². The molecule has 3 rings (SSSR count). The first kappa shape index (κ1) is 13.2. The van der Waals surface area contributed by atoms with Crippen molar-refractivity contribution in [3.63, 3.8) is 0 Å². The Morgan fingerprint density at radius 3 is 2.48 bits per heavy atom. The van der Waals surface area contributed by atoms with Gasteiger partial charge in [0, 0.05) is 17.2 Å². The van der Waals surface area contributed by atoms with Gasteiger partial charge in [-0.1, -0.05) is 30.3 Å². The zero-order valence-corrected chi connectivity index (χ0v) is 11.4. The van der Waals surface area contributed by atoms with Crippen molar-refractivity contribution in [1.82, 2.24) is 9.97 Å². The Kier molecular flexibility index (Phi) is 3.36. The highest BCUT2D eigenvalue weighted by Gasteiger charge is 2.07. The minimum Gasteiger partial charge on any atom is -0.306 e. The fourth-order valence-electron chi connectivity index (χ4n) is 2.14. The molecule has 3 aromatic rings. The van der Waals surface area contributed by atoms with Gasteiger partial charge in [0.25, 0.3) is 5.56 Å². The van der Waals surface area contributed by atoms with Crippen molar-refractivity contribution in [2.75, 3.05) is 0 Å². The van der Waals surface area contributed by atoms with Gasteiger partial charge in [0.1, 0.15) is 11.6 Å². The summed E-state index contributed by atoms with van der Waals surface area (Å²) in [5.41, 5.74) is 2.37. The predicted molar refractivity (Wildman–Crippen MR) is 80.4 cm³/mol. The van der Waals surface area contributed by atoms with Crippen molar-refractivity contribution in [2.45, 2.75) is 6.92 Å². The van der Waals surface area contributed by atoms with Crippen LogP contribution in [0.5, 0.6) is 0 Å². The molecule has 0 saturated carbocycles. The molecule has 0 atom stereocenters. The molecule has 0 radical (unpaired) electrons. The van der Waals surface area contributed by atoms with Crippen LogP contribution >= 0.6 is 0 Å². The SMILES string of the molecule is Cc1cc(-c2cc(=O)[nH]c(-c3ccccc3)n2)ccc1F. The topological polar surface area (TPSA) is 45.8 Å². The molecule has 0 aliphatic rings. The van der Waals surface area contributed by atoms with Crippen LogP contribution in [-0.4, -0.2) is 9.97 Å². The molecule has 21 heavy (non-hydrogen) atoms. The normalized spacial score (nSPS) is 10.6. The van der Waals surface area contributed by atoms with Gasteiger partial charge in [-0.25, -0.2) is 9.37 Å². The van der Waals surface area contributed by atoms with Crippen molar-refractivity contribution in [2.24, 2.45) is 0 Å². The van der Waals surface area contributed by atoms with Gasteiger partial charge in [0.15, 0.2) is 0 Å². The molecule has 0 amide bonds. The molecule has 0 aliphatic heterocycles. The lowest BCUT2D eigenvalue weighted by Gasteiger charge is -2.06. The number of nitrogens with one attached hydrogen (secondary N) is 1. The largest absolute Gasteiger partial charge is 0.306 e. The van der Waals surface area contributed by atoms with E-state index in [1.165, 1.54) is 12.1 Å². The Balaban J connectivity index is 2.14. The minimum atomic E-state index is -0.271. The van der Waals surface area contributed by atoms with E-state index in [9.17, 15) is 9.18 Å². The third kappa shape index (κ3) is 2.74. The third-order valence-corrected chi connectivity index (χ3v) is 3.24. The average Bonchev–Trinajstić information content (AvgIpc) is 2.50. The van der Waals surface area contributed by atoms with Gasteiger partial charge in [0.2, 0.25) is 0 Å². The van der Waals surface area contributed by atoms with Crippen LogP contribution in [0.4, 0.5) is 4.39 Å². The number of aryl methyl sites for hydroxylation is 1. The van der Waals surface area contributed by atoms with Crippen LogP contribution in [0.1, 0.15) is 5.56 Å². The molecule has 2 aromatic carbocycles.